The minimum Gasteiger partial charge on any atom is -0.452 e. The topological polar surface area (TPSA) is 84.5 Å². The number of imide groups is 1. The highest BCUT2D eigenvalue weighted by Gasteiger charge is 2.17. The molecule has 1 aromatic carbocycles. The fourth-order valence-electron chi connectivity index (χ4n) is 1.57. The molecule has 0 unspecified atom stereocenters. The van der Waals surface area contributed by atoms with Gasteiger partial charge in [-0.1, -0.05) is 37.0 Å². The molecule has 132 valence electrons. The molecule has 0 heterocycles. The zero-order valence-corrected chi connectivity index (χ0v) is 14.6. The van der Waals surface area contributed by atoms with E-state index in [1.807, 2.05) is 19.2 Å². The van der Waals surface area contributed by atoms with Crippen molar-refractivity contribution < 1.29 is 23.5 Å². The number of hydrogen-bond donors (Lipinski definition) is 2. The van der Waals surface area contributed by atoms with Crippen molar-refractivity contribution in [2.45, 2.75) is 20.3 Å². The molecule has 1 aromatic rings. The number of benzene rings is 1. The lowest BCUT2D eigenvalue weighted by atomic mass is 10.1. The third-order valence-corrected chi connectivity index (χ3v) is 3.43. The largest absolute Gasteiger partial charge is 0.452 e. The van der Waals surface area contributed by atoms with Crippen LogP contribution in [-0.4, -0.2) is 31.1 Å². The van der Waals surface area contributed by atoms with Gasteiger partial charge in [0.25, 0.3) is 5.91 Å². The number of rotatable bonds is 6. The van der Waals surface area contributed by atoms with E-state index in [0.717, 1.165) is 18.6 Å². The molecular weight excluding hydrogens is 362 g/mol. The Kier molecular flexibility index (Phi) is 7.94. The van der Waals surface area contributed by atoms with Gasteiger partial charge in [-0.25, -0.2) is 14.0 Å². The van der Waals surface area contributed by atoms with Crippen LogP contribution in [0.1, 0.15) is 30.6 Å². The van der Waals surface area contributed by atoms with Crippen LogP contribution in [0.5, 0.6) is 0 Å². The second-order valence-electron chi connectivity index (χ2n) is 5.31. The van der Waals surface area contributed by atoms with Gasteiger partial charge >= 0.3 is 12.0 Å². The Morgan fingerprint density at radius 1 is 1.21 bits per heavy atom. The molecule has 0 spiro atoms. The highest BCUT2D eigenvalue weighted by atomic mass is 35.5. The maximum atomic E-state index is 13.3. The molecule has 6 nitrogen and oxygen atoms in total. The number of carbonyl (C=O) groups is 3. The number of carbonyl (C=O) groups excluding carboxylic acids is 3. The third kappa shape index (κ3) is 6.72. The van der Waals surface area contributed by atoms with Crippen LogP contribution in [0.2, 0.25) is 10.0 Å². The molecule has 0 saturated heterocycles. The summed E-state index contributed by atoms with van der Waals surface area (Å²) in [5.41, 5.74) is -0.271. The maximum Gasteiger partial charge on any atom is 0.340 e. The van der Waals surface area contributed by atoms with Gasteiger partial charge in [-0.05, 0) is 24.5 Å². The first-order chi connectivity index (χ1) is 11.2. The fraction of sp³-hybridized carbons (Fsp3) is 0.400. The summed E-state index contributed by atoms with van der Waals surface area (Å²) in [6, 6.07) is 1.17. The van der Waals surface area contributed by atoms with Crippen LogP contribution in [-0.2, 0) is 9.53 Å². The minimum absolute atomic E-state index is 0.113. The smallest absolute Gasteiger partial charge is 0.340 e. The predicted octanol–water partition coefficient (Wildman–Crippen LogP) is 3.16. The van der Waals surface area contributed by atoms with E-state index in [4.69, 9.17) is 23.2 Å². The van der Waals surface area contributed by atoms with Crippen LogP contribution >= 0.6 is 23.2 Å². The van der Waals surface area contributed by atoms with Crippen LogP contribution < -0.4 is 10.6 Å². The Morgan fingerprint density at radius 2 is 1.88 bits per heavy atom. The number of nitrogens with one attached hydrogen (secondary N) is 2. The van der Waals surface area contributed by atoms with Crippen molar-refractivity contribution >= 4 is 41.1 Å². The lowest BCUT2D eigenvalue weighted by molar-refractivity contribution is -0.123. The molecule has 2 N–H and O–H groups in total. The van der Waals surface area contributed by atoms with Crippen LogP contribution in [0, 0.1) is 11.7 Å². The van der Waals surface area contributed by atoms with Crippen molar-refractivity contribution in [2.24, 2.45) is 5.92 Å². The van der Waals surface area contributed by atoms with E-state index in [1.54, 1.807) is 0 Å². The monoisotopic (exact) mass is 378 g/mol. The quantitative estimate of drug-likeness (QED) is 0.588. The summed E-state index contributed by atoms with van der Waals surface area (Å²) in [6.45, 7) is 3.69. The average Bonchev–Trinajstić information content (AvgIpc) is 2.48. The Morgan fingerprint density at radius 3 is 2.50 bits per heavy atom. The van der Waals surface area contributed by atoms with Crippen LogP contribution in [0.25, 0.3) is 0 Å². The van der Waals surface area contributed by atoms with Gasteiger partial charge in [-0.2, -0.15) is 0 Å². The standard InChI is InChI=1S/C15H17Cl2FN2O4/c1-8(2)3-4-19-15(23)20-13(21)7-24-14(22)9-5-12(18)11(17)6-10(9)16/h5-6,8H,3-4,7H2,1-2H3,(H2,19,20,21,23). The number of ether oxygens (including phenoxy) is 1. The Hall–Kier alpha value is -1.86. The summed E-state index contributed by atoms with van der Waals surface area (Å²) in [5.74, 6) is -2.27. The number of halogens is 3. The molecule has 0 aliphatic carbocycles. The lowest BCUT2D eigenvalue weighted by Crippen LogP contribution is -2.42. The van der Waals surface area contributed by atoms with Gasteiger partial charge in [0.2, 0.25) is 0 Å². The van der Waals surface area contributed by atoms with Crippen LogP contribution in [0.15, 0.2) is 12.1 Å². The molecule has 1 rings (SSSR count). The molecule has 0 fully saturated rings. The van der Waals surface area contributed by atoms with Crippen molar-refractivity contribution in [3.8, 4) is 0 Å². The van der Waals surface area contributed by atoms with Gasteiger partial charge in [0.05, 0.1) is 15.6 Å². The van der Waals surface area contributed by atoms with Gasteiger partial charge < -0.3 is 10.1 Å². The molecular formula is C15H17Cl2FN2O4. The van der Waals surface area contributed by atoms with Gasteiger partial charge in [-0.3, -0.25) is 10.1 Å². The zero-order chi connectivity index (χ0) is 18.3. The Labute approximate surface area is 148 Å². The maximum absolute atomic E-state index is 13.3. The van der Waals surface area contributed by atoms with Gasteiger partial charge in [0, 0.05) is 6.54 Å². The summed E-state index contributed by atoms with van der Waals surface area (Å²) < 4.78 is 18.0. The second kappa shape index (κ2) is 9.44. The average molecular weight is 379 g/mol. The Balaban J connectivity index is 2.45. The number of esters is 1. The molecule has 24 heavy (non-hydrogen) atoms. The number of urea groups is 1. The summed E-state index contributed by atoms with van der Waals surface area (Å²) in [5, 5.41) is 4.14. The van der Waals surface area contributed by atoms with E-state index in [9.17, 15) is 18.8 Å². The van der Waals surface area contributed by atoms with E-state index in [-0.39, 0.29) is 15.6 Å². The van der Waals surface area contributed by atoms with Crippen molar-refractivity contribution in [3.05, 3.63) is 33.6 Å². The van der Waals surface area contributed by atoms with Crippen molar-refractivity contribution in [2.75, 3.05) is 13.2 Å². The molecule has 0 radical (unpaired) electrons. The molecule has 0 aliphatic heterocycles. The SMILES string of the molecule is CC(C)CCNC(=O)NC(=O)COC(=O)c1cc(F)c(Cl)cc1Cl. The molecule has 9 heteroatoms. The van der Waals surface area contributed by atoms with Crippen LogP contribution in [0.3, 0.4) is 0 Å². The lowest BCUT2D eigenvalue weighted by Gasteiger charge is -2.09. The molecule has 3 amide bonds. The first-order valence-corrected chi connectivity index (χ1v) is 7.85. The Bertz CT molecular complexity index is 638. The van der Waals surface area contributed by atoms with Gasteiger partial charge in [0.15, 0.2) is 6.61 Å². The first-order valence-electron chi connectivity index (χ1n) is 7.10. The predicted molar refractivity (Wildman–Crippen MR) is 87.7 cm³/mol. The van der Waals surface area contributed by atoms with Crippen LogP contribution in [0.4, 0.5) is 9.18 Å². The normalized spacial score (nSPS) is 10.4. The molecule has 0 bridgehead atoms. The van der Waals surface area contributed by atoms with Gasteiger partial charge in [-0.15, -0.1) is 0 Å². The second-order valence-corrected chi connectivity index (χ2v) is 6.12. The molecule has 0 saturated carbocycles. The van der Waals surface area contributed by atoms with Crippen molar-refractivity contribution in [1.29, 1.82) is 0 Å². The van der Waals surface area contributed by atoms with Crippen molar-refractivity contribution in [3.63, 3.8) is 0 Å². The van der Waals surface area contributed by atoms with E-state index in [0.29, 0.717) is 12.5 Å². The van der Waals surface area contributed by atoms with Crippen molar-refractivity contribution in [1.82, 2.24) is 10.6 Å². The van der Waals surface area contributed by atoms with E-state index in [2.05, 4.69) is 10.1 Å². The third-order valence-electron chi connectivity index (χ3n) is 2.82. The van der Waals surface area contributed by atoms with E-state index >= 15 is 0 Å². The fourth-order valence-corrected chi connectivity index (χ4v) is 2.03. The highest BCUT2D eigenvalue weighted by Crippen LogP contribution is 2.24. The molecule has 0 aliphatic rings. The van der Waals surface area contributed by atoms with E-state index < -0.39 is 30.3 Å². The summed E-state index contributed by atoms with van der Waals surface area (Å²) in [4.78, 5) is 34.7. The summed E-state index contributed by atoms with van der Waals surface area (Å²) in [6.07, 6.45) is 0.761. The molecule has 0 atom stereocenters. The first kappa shape index (κ1) is 20.2. The van der Waals surface area contributed by atoms with Gasteiger partial charge in [0.1, 0.15) is 5.82 Å². The summed E-state index contributed by atoms with van der Waals surface area (Å²) in [7, 11) is 0. The zero-order valence-electron chi connectivity index (χ0n) is 13.1. The number of hydrogen-bond acceptors (Lipinski definition) is 4. The van der Waals surface area contributed by atoms with E-state index in [1.165, 1.54) is 0 Å². The highest BCUT2D eigenvalue weighted by molar-refractivity contribution is 6.36. The summed E-state index contributed by atoms with van der Waals surface area (Å²) >= 11 is 11.3. The minimum atomic E-state index is -1.01. The molecule has 0 aromatic heterocycles. The number of amides is 3.